The van der Waals surface area contributed by atoms with Crippen molar-refractivity contribution in [3.05, 3.63) is 45.6 Å². The zero-order valence-electron chi connectivity index (χ0n) is 12.7. The van der Waals surface area contributed by atoms with Crippen molar-refractivity contribution in [1.82, 2.24) is 0 Å². The molecule has 0 atom stereocenters. The summed E-state index contributed by atoms with van der Waals surface area (Å²) in [6, 6.07) is 0. The Morgan fingerprint density at radius 1 is 0.632 bits per heavy atom. The first-order valence-corrected chi connectivity index (χ1v) is 5.91. The molecule has 0 nitrogen and oxygen atoms in total. The van der Waals surface area contributed by atoms with Gasteiger partial charge < -0.3 is 24.8 Å². The zero-order valence-corrected chi connectivity index (χ0v) is 17.8. The van der Waals surface area contributed by atoms with Crippen LogP contribution in [0.25, 0.3) is 0 Å². The summed E-state index contributed by atoms with van der Waals surface area (Å²) in [6.07, 6.45) is 8.81. The number of rotatable bonds is 0. The largest absolute Gasteiger partial charge is 4.00 e. The first kappa shape index (κ1) is 24.4. The Hall–Kier alpha value is 0.410. The molecule has 0 aromatic rings. The van der Waals surface area contributed by atoms with E-state index in [2.05, 4.69) is 53.7 Å². The second-order valence-electron chi connectivity index (χ2n) is 4.97. The van der Waals surface area contributed by atoms with Crippen molar-refractivity contribution >= 4 is 0 Å². The standard InChI is InChI=1S/2C8H11.2ClH.Hf/c2*1-6-4-7(2)8(3)5-6;;;/h2*4H2,1-3H3;2*1H;/q2*-1;;;+4/p-2. The molecule has 0 aliphatic heterocycles. The van der Waals surface area contributed by atoms with E-state index in [1.54, 1.807) is 0 Å². The summed E-state index contributed by atoms with van der Waals surface area (Å²) in [7, 11) is 0. The van der Waals surface area contributed by atoms with Gasteiger partial charge in [0.05, 0.1) is 0 Å². The molecule has 0 amide bonds. The molecule has 0 saturated heterocycles. The molecular formula is C16H22Cl2Hf. The Kier molecular flexibility index (Phi) is 14.3. The molecule has 0 bridgehead atoms. The predicted molar refractivity (Wildman–Crippen MR) is 70.8 cm³/mol. The second-order valence-corrected chi connectivity index (χ2v) is 4.97. The van der Waals surface area contributed by atoms with Crippen LogP contribution in [0.1, 0.15) is 54.4 Å². The fraction of sp³-hybridized carbons (Fsp3) is 0.500. The van der Waals surface area contributed by atoms with E-state index in [0.29, 0.717) is 0 Å². The summed E-state index contributed by atoms with van der Waals surface area (Å²) < 4.78 is 0. The van der Waals surface area contributed by atoms with Crippen LogP contribution in [-0.4, -0.2) is 0 Å². The summed E-state index contributed by atoms with van der Waals surface area (Å²) in [5, 5.41) is 0. The fourth-order valence-electron chi connectivity index (χ4n) is 2.00. The summed E-state index contributed by atoms with van der Waals surface area (Å²) in [5.74, 6) is 0. The van der Waals surface area contributed by atoms with E-state index in [1.165, 1.54) is 33.4 Å². The minimum atomic E-state index is 0. The molecule has 2 aliphatic rings. The van der Waals surface area contributed by atoms with E-state index in [-0.39, 0.29) is 50.7 Å². The summed E-state index contributed by atoms with van der Waals surface area (Å²) in [5.41, 5.74) is 8.37. The van der Waals surface area contributed by atoms with Crippen LogP contribution in [0.4, 0.5) is 0 Å². The first-order valence-electron chi connectivity index (χ1n) is 5.91. The molecular weight excluding hydrogens is 442 g/mol. The molecule has 0 heterocycles. The van der Waals surface area contributed by atoms with E-state index >= 15 is 0 Å². The molecule has 2 aliphatic carbocycles. The van der Waals surface area contributed by atoms with Gasteiger partial charge in [-0.05, 0) is 0 Å². The smallest absolute Gasteiger partial charge is 1.00 e. The van der Waals surface area contributed by atoms with Crippen molar-refractivity contribution < 1.29 is 50.7 Å². The third-order valence-corrected chi connectivity index (χ3v) is 3.14. The van der Waals surface area contributed by atoms with Gasteiger partial charge in [0.1, 0.15) is 0 Å². The number of hydrogen-bond acceptors (Lipinski definition) is 0. The van der Waals surface area contributed by atoms with Crippen molar-refractivity contribution in [2.24, 2.45) is 0 Å². The quantitative estimate of drug-likeness (QED) is 0.318. The van der Waals surface area contributed by atoms with Crippen LogP contribution in [0.2, 0.25) is 0 Å². The molecule has 0 saturated carbocycles. The first-order chi connectivity index (χ1) is 7.40. The molecule has 104 valence electrons. The minimum Gasteiger partial charge on any atom is -1.00 e. The van der Waals surface area contributed by atoms with Gasteiger partial charge in [-0.2, -0.15) is 11.1 Å². The van der Waals surface area contributed by atoms with E-state index < -0.39 is 0 Å². The maximum absolute atomic E-state index is 3.26. The molecule has 0 unspecified atom stereocenters. The van der Waals surface area contributed by atoms with Crippen molar-refractivity contribution in [2.45, 2.75) is 54.4 Å². The van der Waals surface area contributed by atoms with E-state index in [1.807, 2.05) is 0 Å². The number of allylic oxidation sites excluding steroid dienone is 8. The number of halogens is 2. The van der Waals surface area contributed by atoms with Gasteiger partial charge in [-0.1, -0.05) is 40.5 Å². The van der Waals surface area contributed by atoms with Gasteiger partial charge in [0, 0.05) is 0 Å². The van der Waals surface area contributed by atoms with Gasteiger partial charge in [0.2, 0.25) is 0 Å². The molecule has 0 aromatic heterocycles. The molecule has 2 rings (SSSR count). The maximum Gasteiger partial charge on any atom is 4.00 e. The molecule has 0 N–H and O–H groups in total. The Bertz CT molecular complexity index is 372. The third kappa shape index (κ3) is 8.32. The molecule has 0 aromatic carbocycles. The fourth-order valence-corrected chi connectivity index (χ4v) is 2.00. The Balaban J connectivity index is -0.000000233. The van der Waals surface area contributed by atoms with Crippen LogP contribution in [0.5, 0.6) is 0 Å². The van der Waals surface area contributed by atoms with Gasteiger partial charge in [0.15, 0.2) is 0 Å². The second kappa shape index (κ2) is 11.1. The van der Waals surface area contributed by atoms with Crippen LogP contribution in [0.3, 0.4) is 0 Å². The Labute approximate surface area is 150 Å². The Morgan fingerprint density at radius 2 is 0.895 bits per heavy atom. The van der Waals surface area contributed by atoms with Crippen LogP contribution < -0.4 is 24.8 Å². The van der Waals surface area contributed by atoms with Crippen molar-refractivity contribution in [3.63, 3.8) is 0 Å². The van der Waals surface area contributed by atoms with Crippen molar-refractivity contribution in [2.75, 3.05) is 0 Å². The van der Waals surface area contributed by atoms with Gasteiger partial charge >= 0.3 is 25.8 Å². The normalized spacial score (nSPS) is 16.5. The molecule has 19 heavy (non-hydrogen) atoms. The van der Waals surface area contributed by atoms with Crippen LogP contribution in [0.15, 0.2) is 33.4 Å². The average molecular weight is 464 g/mol. The summed E-state index contributed by atoms with van der Waals surface area (Å²) in [4.78, 5) is 0. The van der Waals surface area contributed by atoms with E-state index in [9.17, 15) is 0 Å². The third-order valence-electron chi connectivity index (χ3n) is 3.14. The SMILES string of the molecule is CC1=[C-]C(C)=C(C)C1.CC1=[C-]C(C)=C(C)C1.[Cl-].[Cl-].[Hf+4]. The van der Waals surface area contributed by atoms with Crippen molar-refractivity contribution in [1.29, 1.82) is 0 Å². The van der Waals surface area contributed by atoms with Gasteiger partial charge in [0.25, 0.3) is 0 Å². The van der Waals surface area contributed by atoms with Crippen LogP contribution >= 0.6 is 0 Å². The van der Waals surface area contributed by atoms with Crippen molar-refractivity contribution in [3.8, 4) is 0 Å². The predicted octanol–water partition coefficient (Wildman–Crippen LogP) is -1.04. The van der Waals surface area contributed by atoms with Gasteiger partial charge in [-0.3, -0.25) is 0 Å². The average Bonchev–Trinajstić information content (AvgIpc) is 2.58. The van der Waals surface area contributed by atoms with E-state index in [4.69, 9.17) is 0 Å². The Morgan fingerprint density at radius 3 is 0.947 bits per heavy atom. The van der Waals surface area contributed by atoms with E-state index in [0.717, 1.165) is 12.8 Å². The zero-order chi connectivity index (χ0) is 12.3. The minimum absolute atomic E-state index is 0. The monoisotopic (exact) mass is 464 g/mol. The topological polar surface area (TPSA) is 0 Å². The maximum atomic E-state index is 3.26. The van der Waals surface area contributed by atoms with Crippen LogP contribution in [0, 0.1) is 12.2 Å². The van der Waals surface area contributed by atoms with Gasteiger partial charge in [-0.25, -0.2) is 34.4 Å². The number of hydrogen-bond donors (Lipinski definition) is 0. The summed E-state index contributed by atoms with van der Waals surface area (Å²) in [6.45, 7) is 12.8. The summed E-state index contributed by atoms with van der Waals surface area (Å²) >= 11 is 0. The van der Waals surface area contributed by atoms with Crippen LogP contribution in [-0.2, 0) is 25.8 Å². The molecule has 0 spiro atoms. The molecule has 0 radical (unpaired) electrons. The van der Waals surface area contributed by atoms with Gasteiger partial charge in [-0.15, -0.1) is 13.8 Å². The molecule has 3 heteroatoms. The molecule has 0 fully saturated rings.